The lowest BCUT2D eigenvalue weighted by Crippen LogP contribution is -2.30. The third kappa shape index (κ3) is 3.49. The molecule has 1 aromatic carbocycles. The lowest BCUT2D eigenvalue weighted by molar-refractivity contribution is 0.0996. The van der Waals surface area contributed by atoms with Gasteiger partial charge in [-0.15, -0.1) is 0 Å². The average molecular weight is 385 g/mol. The van der Waals surface area contributed by atoms with E-state index in [0.717, 1.165) is 10.9 Å². The Morgan fingerprint density at radius 1 is 1.41 bits per heavy atom. The van der Waals surface area contributed by atoms with Crippen LogP contribution in [0.3, 0.4) is 0 Å². The summed E-state index contributed by atoms with van der Waals surface area (Å²) in [5, 5.41) is 17.1. The highest BCUT2D eigenvalue weighted by Crippen LogP contribution is 2.25. The summed E-state index contributed by atoms with van der Waals surface area (Å²) in [6.07, 6.45) is 3.72. The third-order valence-electron chi connectivity index (χ3n) is 4.42. The lowest BCUT2D eigenvalue weighted by Gasteiger charge is -2.23. The molecule has 3 aromatic rings. The number of ether oxygens (including phenoxy) is 1. The van der Waals surface area contributed by atoms with Crippen LogP contribution in [0.5, 0.6) is 0 Å². The number of rotatable bonds is 4. The SMILES string of the molecule is N=C1CCOC[C@@H]1n1cc(C(N)=O)c(Nc2cnc3cc(Cl)ccc3c2)n1. The minimum absolute atomic E-state index is 0.240. The Hall–Kier alpha value is -2.97. The van der Waals surface area contributed by atoms with E-state index in [-0.39, 0.29) is 11.6 Å². The van der Waals surface area contributed by atoms with Crippen molar-refractivity contribution in [1.82, 2.24) is 14.8 Å². The molecule has 9 heteroatoms. The molecule has 0 spiro atoms. The molecule has 0 aliphatic carbocycles. The number of pyridine rings is 1. The number of carbonyl (C=O) groups is 1. The number of benzene rings is 1. The van der Waals surface area contributed by atoms with Gasteiger partial charge in [0.25, 0.3) is 5.91 Å². The zero-order chi connectivity index (χ0) is 19.0. The molecule has 0 saturated carbocycles. The smallest absolute Gasteiger partial charge is 0.254 e. The van der Waals surface area contributed by atoms with E-state index in [4.69, 9.17) is 27.5 Å². The fourth-order valence-electron chi connectivity index (χ4n) is 3.00. The van der Waals surface area contributed by atoms with Crippen LogP contribution in [0, 0.1) is 5.41 Å². The summed E-state index contributed by atoms with van der Waals surface area (Å²) in [7, 11) is 0. The van der Waals surface area contributed by atoms with Crippen molar-refractivity contribution in [3.63, 3.8) is 0 Å². The first-order chi connectivity index (χ1) is 13.0. The lowest BCUT2D eigenvalue weighted by atomic mass is 10.1. The molecule has 8 nitrogen and oxygen atoms in total. The molecular formula is C18H17ClN6O2. The number of nitrogens with one attached hydrogen (secondary N) is 2. The summed E-state index contributed by atoms with van der Waals surface area (Å²) in [6.45, 7) is 0.869. The van der Waals surface area contributed by atoms with Gasteiger partial charge in [0.15, 0.2) is 5.82 Å². The van der Waals surface area contributed by atoms with Crippen LogP contribution in [0.15, 0.2) is 36.7 Å². The number of anilines is 2. The highest BCUT2D eigenvalue weighted by Gasteiger charge is 2.25. The van der Waals surface area contributed by atoms with Crippen molar-refractivity contribution in [3.8, 4) is 0 Å². The normalized spacial score (nSPS) is 17.2. The van der Waals surface area contributed by atoms with Crippen LogP contribution in [-0.2, 0) is 4.74 Å². The van der Waals surface area contributed by atoms with Crippen LogP contribution in [0.25, 0.3) is 10.9 Å². The molecule has 1 aliphatic heterocycles. The molecule has 2 aromatic heterocycles. The number of amides is 1. The first kappa shape index (κ1) is 17.4. The molecule has 4 N–H and O–H groups in total. The van der Waals surface area contributed by atoms with Gasteiger partial charge in [-0.1, -0.05) is 17.7 Å². The molecule has 4 rings (SSSR count). The van der Waals surface area contributed by atoms with Crippen molar-refractivity contribution in [2.24, 2.45) is 5.73 Å². The van der Waals surface area contributed by atoms with Crippen LogP contribution in [-0.4, -0.2) is 39.6 Å². The molecule has 3 heterocycles. The van der Waals surface area contributed by atoms with Gasteiger partial charge in [0.2, 0.25) is 0 Å². The van der Waals surface area contributed by atoms with E-state index in [1.54, 1.807) is 29.2 Å². The largest absolute Gasteiger partial charge is 0.378 e. The molecule has 138 valence electrons. The van der Waals surface area contributed by atoms with Gasteiger partial charge in [-0.3, -0.25) is 14.5 Å². The number of hydrogen-bond donors (Lipinski definition) is 3. The molecule has 0 bridgehead atoms. The molecular weight excluding hydrogens is 368 g/mol. The van der Waals surface area contributed by atoms with E-state index in [1.807, 2.05) is 12.1 Å². The first-order valence-corrected chi connectivity index (χ1v) is 8.75. The summed E-state index contributed by atoms with van der Waals surface area (Å²) >= 11 is 5.98. The Labute approximate surface area is 159 Å². The standard InChI is InChI=1S/C18H17ClN6O2/c19-11-2-1-10-5-12(7-22-15(10)6-11)23-18-13(17(21)26)8-25(24-18)16-9-27-4-3-14(16)20/h1-2,5-8,16,20H,3-4,9H2,(H2,21,26)(H,23,24)/t16-/m0/s1. The van der Waals surface area contributed by atoms with E-state index in [9.17, 15) is 4.79 Å². The predicted molar refractivity (Wildman–Crippen MR) is 103 cm³/mol. The monoisotopic (exact) mass is 384 g/mol. The number of halogens is 1. The molecule has 27 heavy (non-hydrogen) atoms. The molecule has 1 aliphatic rings. The zero-order valence-electron chi connectivity index (χ0n) is 14.3. The summed E-state index contributed by atoms with van der Waals surface area (Å²) in [4.78, 5) is 16.2. The fourth-order valence-corrected chi connectivity index (χ4v) is 3.17. The van der Waals surface area contributed by atoms with Crippen molar-refractivity contribution in [2.75, 3.05) is 18.5 Å². The van der Waals surface area contributed by atoms with Gasteiger partial charge < -0.3 is 21.2 Å². The summed E-state index contributed by atoms with van der Waals surface area (Å²) in [5.41, 5.74) is 7.68. The van der Waals surface area contributed by atoms with Gasteiger partial charge in [-0.05, 0) is 18.2 Å². The molecule has 1 amide bonds. The number of carbonyl (C=O) groups excluding carboxylic acids is 1. The molecule has 1 atom stereocenters. The highest BCUT2D eigenvalue weighted by atomic mass is 35.5. The van der Waals surface area contributed by atoms with E-state index in [2.05, 4.69) is 15.4 Å². The van der Waals surface area contributed by atoms with Crippen molar-refractivity contribution in [3.05, 3.63) is 47.2 Å². The maximum atomic E-state index is 11.9. The van der Waals surface area contributed by atoms with Gasteiger partial charge in [0, 0.05) is 28.7 Å². The Balaban J connectivity index is 1.67. The Morgan fingerprint density at radius 2 is 2.26 bits per heavy atom. The Morgan fingerprint density at radius 3 is 3.04 bits per heavy atom. The number of nitrogens with zero attached hydrogens (tertiary/aromatic N) is 3. The second kappa shape index (κ2) is 6.98. The van der Waals surface area contributed by atoms with Gasteiger partial charge >= 0.3 is 0 Å². The van der Waals surface area contributed by atoms with Crippen LogP contribution in [0.4, 0.5) is 11.5 Å². The number of aromatic nitrogens is 3. The Kier molecular flexibility index (Phi) is 4.51. The van der Waals surface area contributed by atoms with Gasteiger partial charge in [-0.25, -0.2) is 0 Å². The molecule has 1 fully saturated rings. The highest BCUT2D eigenvalue weighted by molar-refractivity contribution is 6.31. The van der Waals surface area contributed by atoms with Crippen molar-refractivity contribution >= 4 is 45.6 Å². The first-order valence-electron chi connectivity index (χ1n) is 8.37. The summed E-state index contributed by atoms with van der Waals surface area (Å²) in [6, 6.07) is 6.97. The average Bonchev–Trinajstić information content (AvgIpc) is 3.06. The van der Waals surface area contributed by atoms with Gasteiger partial charge in [-0.2, -0.15) is 5.10 Å². The molecule has 1 saturated heterocycles. The Bertz CT molecular complexity index is 1050. The van der Waals surface area contributed by atoms with Crippen LogP contribution in [0.2, 0.25) is 5.02 Å². The third-order valence-corrected chi connectivity index (χ3v) is 4.65. The van der Waals surface area contributed by atoms with Crippen molar-refractivity contribution in [2.45, 2.75) is 12.5 Å². The van der Waals surface area contributed by atoms with E-state index in [0.29, 0.717) is 41.9 Å². The van der Waals surface area contributed by atoms with E-state index < -0.39 is 5.91 Å². The van der Waals surface area contributed by atoms with Crippen LogP contribution >= 0.6 is 11.6 Å². The topological polar surface area (TPSA) is 119 Å². The maximum absolute atomic E-state index is 11.9. The van der Waals surface area contributed by atoms with Crippen molar-refractivity contribution < 1.29 is 9.53 Å². The van der Waals surface area contributed by atoms with E-state index in [1.165, 1.54) is 0 Å². The minimum atomic E-state index is -0.604. The number of primary amides is 1. The summed E-state index contributed by atoms with van der Waals surface area (Å²) < 4.78 is 6.99. The number of hydrogen-bond acceptors (Lipinski definition) is 6. The minimum Gasteiger partial charge on any atom is -0.378 e. The van der Waals surface area contributed by atoms with Crippen LogP contribution < -0.4 is 11.1 Å². The number of fused-ring (bicyclic) bond motifs is 1. The maximum Gasteiger partial charge on any atom is 0.254 e. The van der Waals surface area contributed by atoms with Crippen molar-refractivity contribution in [1.29, 1.82) is 5.41 Å². The van der Waals surface area contributed by atoms with Gasteiger partial charge in [0.05, 0.1) is 30.6 Å². The second-order valence-corrected chi connectivity index (χ2v) is 6.72. The predicted octanol–water partition coefficient (Wildman–Crippen LogP) is 2.91. The quantitative estimate of drug-likeness (QED) is 0.639. The van der Waals surface area contributed by atoms with E-state index >= 15 is 0 Å². The zero-order valence-corrected chi connectivity index (χ0v) is 15.0. The molecule has 0 unspecified atom stereocenters. The van der Waals surface area contributed by atoms with Gasteiger partial charge in [0.1, 0.15) is 11.6 Å². The number of nitrogens with two attached hydrogens (primary N) is 1. The molecule has 0 radical (unpaired) electrons. The second-order valence-electron chi connectivity index (χ2n) is 6.29. The summed E-state index contributed by atoms with van der Waals surface area (Å²) in [5.74, 6) is -0.288. The van der Waals surface area contributed by atoms with Crippen LogP contribution in [0.1, 0.15) is 22.8 Å². The fraction of sp³-hybridized carbons (Fsp3) is 0.222.